The second-order valence-corrected chi connectivity index (χ2v) is 9.02. The molecule has 1 aliphatic heterocycles. The van der Waals surface area contributed by atoms with Crippen LogP contribution in [0.4, 0.5) is 0 Å². The van der Waals surface area contributed by atoms with Gasteiger partial charge in [0.2, 0.25) is 5.79 Å². The van der Waals surface area contributed by atoms with Gasteiger partial charge in [0, 0.05) is 33.0 Å². The lowest BCUT2D eigenvalue weighted by Crippen LogP contribution is -2.34. The first kappa shape index (κ1) is 25.0. The number of nitrogens with zero attached hydrogens (tertiary/aromatic N) is 3. The smallest absolute Gasteiger partial charge is 0.302 e. The summed E-state index contributed by atoms with van der Waals surface area (Å²) in [5.41, 5.74) is 1.26. The van der Waals surface area contributed by atoms with E-state index in [1.807, 2.05) is 0 Å². The van der Waals surface area contributed by atoms with E-state index >= 15 is 0 Å². The molecule has 2 atom stereocenters. The summed E-state index contributed by atoms with van der Waals surface area (Å²) in [6.45, 7) is 0.575. The minimum atomic E-state index is -1.40. The summed E-state index contributed by atoms with van der Waals surface area (Å²) in [4.78, 5) is 19.2. The summed E-state index contributed by atoms with van der Waals surface area (Å²) in [7, 11) is 0. The monoisotopic (exact) mass is 547 g/mol. The molecule has 13 heteroatoms. The van der Waals surface area contributed by atoms with Gasteiger partial charge in [0.25, 0.3) is 6.01 Å². The van der Waals surface area contributed by atoms with Crippen molar-refractivity contribution in [1.82, 2.24) is 9.55 Å². The Hall–Kier alpha value is -2.11. The predicted octanol–water partition coefficient (Wildman–Crippen LogP) is 5.55. The molecule has 0 amide bonds. The van der Waals surface area contributed by atoms with Crippen LogP contribution in [-0.4, -0.2) is 34.0 Å². The molecule has 9 nitrogen and oxygen atoms in total. The Morgan fingerprint density at radius 3 is 2.59 bits per heavy atom. The molecule has 2 unspecified atom stereocenters. The molecule has 0 bridgehead atoms. The Labute approximate surface area is 214 Å². The van der Waals surface area contributed by atoms with Gasteiger partial charge >= 0.3 is 5.09 Å². The number of ether oxygens (including phenoxy) is 3. The number of hydrogen-bond acceptors (Lipinski definition) is 7. The summed E-state index contributed by atoms with van der Waals surface area (Å²) in [5, 5.41) is 11.6. The summed E-state index contributed by atoms with van der Waals surface area (Å²) >= 11 is 24.6. The third-order valence-electron chi connectivity index (χ3n) is 4.99. The molecule has 0 N–H and O–H groups in total. The number of hydrogen-bond donors (Lipinski definition) is 0. The largest absolute Gasteiger partial charge is 0.374 e. The molecule has 180 valence electrons. The van der Waals surface area contributed by atoms with E-state index in [0.29, 0.717) is 25.7 Å². The minimum absolute atomic E-state index is 0.0307. The number of halogens is 4. The minimum Gasteiger partial charge on any atom is -0.374 e. The highest BCUT2D eigenvalue weighted by Gasteiger charge is 2.45. The van der Waals surface area contributed by atoms with Crippen molar-refractivity contribution in [3.8, 4) is 6.01 Å². The number of aromatic nitrogens is 2. The van der Waals surface area contributed by atoms with E-state index in [0.717, 1.165) is 5.56 Å². The first-order chi connectivity index (χ1) is 16.3. The van der Waals surface area contributed by atoms with Crippen LogP contribution in [0.3, 0.4) is 0 Å². The molecule has 1 aromatic heterocycles. The zero-order valence-electron chi connectivity index (χ0n) is 17.3. The highest BCUT2D eigenvalue weighted by atomic mass is 35.5. The van der Waals surface area contributed by atoms with Crippen molar-refractivity contribution in [1.29, 1.82) is 0 Å². The lowest BCUT2D eigenvalue weighted by Gasteiger charge is -2.30. The Balaban J connectivity index is 1.52. The fourth-order valence-electron chi connectivity index (χ4n) is 3.50. The number of benzene rings is 2. The van der Waals surface area contributed by atoms with Gasteiger partial charge in [-0.15, -0.1) is 10.1 Å². The van der Waals surface area contributed by atoms with Crippen LogP contribution in [-0.2, 0) is 33.1 Å². The highest BCUT2D eigenvalue weighted by molar-refractivity contribution is 6.35. The van der Waals surface area contributed by atoms with Crippen molar-refractivity contribution in [3.63, 3.8) is 0 Å². The van der Waals surface area contributed by atoms with Gasteiger partial charge in [-0.1, -0.05) is 58.5 Å². The molecule has 2 heterocycles. The van der Waals surface area contributed by atoms with Crippen LogP contribution < -0.4 is 4.84 Å². The molecule has 0 radical (unpaired) electrons. The number of imidazole rings is 1. The van der Waals surface area contributed by atoms with Crippen molar-refractivity contribution in [2.24, 2.45) is 0 Å². The lowest BCUT2D eigenvalue weighted by molar-refractivity contribution is -0.713. The number of rotatable bonds is 9. The molecule has 3 aromatic rings. The zero-order chi connectivity index (χ0) is 24.3. The molecule has 4 rings (SSSR count). The summed E-state index contributed by atoms with van der Waals surface area (Å²) < 4.78 is 19.5. The van der Waals surface area contributed by atoms with Gasteiger partial charge in [0.05, 0.1) is 31.4 Å². The maximum absolute atomic E-state index is 10.8. The van der Waals surface area contributed by atoms with Gasteiger partial charge in [0.1, 0.15) is 6.10 Å². The molecule has 1 saturated heterocycles. The van der Waals surface area contributed by atoms with E-state index in [1.165, 1.54) is 17.0 Å². The second kappa shape index (κ2) is 10.7. The van der Waals surface area contributed by atoms with E-state index in [-0.39, 0.29) is 32.4 Å². The molecule has 0 saturated carbocycles. The van der Waals surface area contributed by atoms with E-state index in [1.54, 1.807) is 36.4 Å². The van der Waals surface area contributed by atoms with Crippen LogP contribution in [0.25, 0.3) is 0 Å². The summed E-state index contributed by atoms with van der Waals surface area (Å²) in [6.07, 6.45) is 2.39. The van der Waals surface area contributed by atoms with Crippen LogP contribution in [0.2, 0.25) is 20.1 Å². The maximum atomic E-state index is 10.8. The quantitative estimate of drug-likeness (QED) is 0.255. The van der Waals surface area contributed by atoms with Gasteiger partial charge in [-0.05, 0) is 29.8 Å². The van der Waals surface area contributed by atoms with Gasteiger partial charge < -0.3 is 18.8 Å². The molecule has 1 aliphatic rings. The normalized spacial score (nSPS) is 19.9. The standard InChI is InChI=1S/C21H17Cl4N3O6/c22-14-2-1-13(18(24)7-14)9-31-10-16-11-32-21(33-16,17-4-3-15(23)8-19(17)25)12-27-6-5-26-20(27)34-28(29)30/h1-8,16H,9-12H2. The van der Waals surface area contributed by atoms with Gasteiger partial charge in [-0.3, -0.25) is 0 Å². The Morgan fingerprint density at radius 1 is 1.15 bits per heavy atom. The first-order valence-corrected chi connectivity index (χ1v) is 11.4. The van der Waals surface area contributed by atoms with Crippen LogP contribution in [0.15, 0.2) is 48.8 Å². The van der Waals surface area contributed by atoms with Crippen molar-refractivity contribution >= 4 is 46.4 Å². The summed E-state index contributed by atoms with van der Waals surface area (Å²) in [5.74, 6) is -1.40. The van der Waals surface area contributed by atoms with E-state index in [2.05, 4.69) is 9.82 Å². The van der Waals surface area contributed by atoms with E-state index in [9.17, 15) is 10.1 Å². The first-order valence-electron chi connectivity index (χ1n) is 9.88. The molecular weight excluding hydrogens is 532 g/mol. The van der Waals surface area contributed by atoms with Crippen molar-refractivity contribution < 1.29 is 24.1 Å². The van der Waals surface area contributed by atoms with Crippen molar-refractivity contribution in [3.05, 3.63) is 90.1 Å². The van der Waals surface area contributed by atoms with Crippen molar-refractivity contribution in [2.45, 2.75) is 25.0 Å². The maximum Gasteiger partial charge on any atom is 0.302 e. The SMILES string of the molecule is O=[N+]([O-])Oc1nccn1CC1(c2ccc(Cl)cc2Cl)OCC(COCc2ccc(Cl)cc2Cl)O1. The molecule has 0 aliphatic carbocycles. The predicted molar refractivity (Wildman–Crippen MR) is 125 cm³/mol. The fraction of sp³-hybridized carbons (Fsp3) is 0.286. The molecule has 1 fully saturated rings. The fourth-order valence-corrected chi connectivity index (χ4v) is 4.51. The molecule has 2 aromatic carbocycles. The highest BCUT2D eigenvalue weighted by Crippen LogP contribution is 2.41. The van der Waals surface area contributed by atoms with E-state index in [4.69, 9.17) is 60.6 Å². The Kier molecular flexibility index (Phi) is 7.83. The topological polar surface area (TPSA) is 97.9 Å². The van der Waals surface area contributed by atoms with Crippen molar-refractivity contribution in [2.75, 3.05) is 13.2 Å². The lowest BCUT2D eigenvalue weighted by atomic mass is 10.1. The molecule has 34 heavy (non-hydrogen) atoms. The summed E-state index contributed by atoms with van der Waals surface area (Å²) in [6, 6.07) is 9.79. The van der Waals surface area contributed by atoms with Crippen LogP contribution in [0.5, 0.6) is 6.01 Å². The molecular formula is C21H17Cl4N3O6. The van der Waals surface area contributed by atoms with Crippen LogP contribution >= 0.6 is 46.4 Å². The Morgan fingerprint density at radius 2 is 1.88 bits per heavy atom. The van der Waals surface area contributed by atoms with E-state index < -0.39 is 17.0 Å². The van der Waals surface area contributed by atoms with Crippen LogP contribution in [0.1, 0.15) is 11.1 Å². The van der Waals surface area contributed by atoms with Gasteiger partial charge in [-0.25, -0.2) is 9.82 Å². The zero-order valence-corrected chi connectivity index (χ0v) is 20.4. The second-order valence-electron chi connectivity index (χ2n) is 7.33. The van der Waals surface area contributed by atoms with Gasteiger partial charge in [-0.2, -0.15) is 0 Å². The molecule has 0 spiro atoms. The van der Waals surface area contributed by atoms with Gasteiger partial charge in [0.15, 0.2) is 0 Å². The Bertz CT molecular complexity index is 1190. The average Bonchev–Trinajstić information content (AvgIpc) is 3.37. The van der Waals surface area contributed by atoms with Crippen LogP contribution in [0, 0.1) is 10.1 Å². The average molecular weight is 549 g/mol. The third-order valence-corrected chi connectivity index (χ3v) is 6.12. The third kappa shape index (κ3) is 5.75.